The number of anilines is 2. The average molecular weight is 835 g/mol. The molecule has 0 spiro atoms. The van der Waals surface area contributed by atoms with Crippen molar-refractivity contribution in [2.24, 2.45) is 0 Å². The van der Waals surface area contributed by atoms with Crippen molar-refractivity contribution in [1.29, 1.82) is 0 Å². The van der Waals surface area contributed by atoms with Gasteiger partial charge < -0.3 is 20.1 Å². The third kappa shape index (κ3) is 10.1. The van der Waals surface area contributed by atoms with Crippen LogP contribution in [0.5, 0.6) is 0 Å². The molecular formula is C48H40F6N4O3. The Bertz CT molecular complexity index is 2820. The van der Waals surface area contributed by atoms with Gasteiger partial charge in [0, 0.05) is 41.2 Å². The summed E-state index contributed by atoms with van der Waals surface area (Å²) >= 11 is 0. The number of carbonyl (C=O) groups excluding carboxylic acids is 1. The number of amides is 1. The second-order valence-electron chi connectivity index (χ2n) is 14.9. The number of nitrogens with zero attached hydrogens (tertiary/aromatic N) is 2. The van der Waals surface area contributed by atoms with Crippen molar-refractivity contribution >= 4 is 39.2 Å². The lowest BCUT2D eigenvalue weighted by Gasteiger charge is -2.09. The lowest BCUT2D eigenvalue weighted by molar-refractivity contribution is -0.138. The van der Waals surface area contributed by atoms with Crippen LogP contribution in [0.2, 0.25) is 0 Å². The van der Waals surface area contributed by atoms with Crippen LogP contribution in [0, 0.1) is 13.8 Å². The Morgan fingerprint density at radius 1 is 0.574 bits per heavy atom. The number of halogens is 6. The maximum absolute atomic E-state index is 12.8. The molecular weight excluding hydrogens is 795 g/mol. The molecule has 312 valence electrons. The van der Waals surface area contributed by atoms with E-state index in [4.69, 9.17) is 14.8 Å². The van der Waals surface area contributed by atoms with Gasteiger partial charge in [-0.3, -0.25) is 4.79 Å². The number of nitrogen functional groups attached to an aromatic ring is 1. The highest BCUT2D eigenvalue weighted by molar-refractivity contribution is 5.93. The molecule has 0 aliphatic carbocycles. The maximum Gasteiger partial charge on any atom is 0.416 e. The summed E-state index contributed by atoms with van der Waals surface area (Å²) in [6.45, 7) is 5.31. The van der Waals surface area contributed by atoms with Crippen molar-refractivity contribution in [1.82, 2.24) is 10.3 Å². The molecule has 0 fully saturated rings. The topological polar surface area (TPSA) is 107 Å². The van der Waals surface area contributed by atoms with E-state index in [-0.39, 0.29) is 5.91 Å². The molecule has 13 heteroatoms. The van der Waals surface area contributed by atoms with E-state index in [9.17, 15) is 31.1 Å². The van der Waals surface area contributed by atoms with Crippen LogP contribution in [0.4, 0.5) is 37.7 Å². The van der Waals surface area contributed by atoms with Gasteiger partial charge in [0.15, 0.2) is 11.2 Å². The number of aromatic nitrogens is 2. The number of nitrogens with two attached hydrogens (primary N) is 1. The van der Waals surface area contributed by atoms with Gasteiger partial charge >= 0.3 is 12.4 Å². The molecule has 2 heterocycles. The molecule has 8 aromatic rings. The van der Waals surface area contributed by atoms with Gasteiger partial charge in [-0.1, -0.05) is 83.1 Å². The van der Waals surface area contributed by atoms with Crippen LogP contribution in [0.1, 0.15) is 51.7 Å². The quantitative estimate of drug-likeness (QED) is 0.111. The zero-order chi connectivity index (χ0) is 43.5. The Morgan fingerprint density at radius 3 is 1.46 bits per heavy atom. The zero-order valence-corrected chi connectivity index (χ0v) is 33.3. The minimum Gasteiger partial charge on any atom is -0.398 e. The third-order valence-electron chi connectivity index (χ3n) is 10.4. The monoisotopic (exact) mass is 834 g/mol. The second kappa shape index (κ2) is 17.4. The SMILES string of the molecule is CC(=O)Nc1cc2onc(CCc3cccc(-c4ccc(C(F)(F)F)cc4)c3)c2cc1C.Cc1cc2c(CCc3cccc(-c4ccc(C(F)(F)F)cc4)c3)noc2cc1N. The molecule has 0 aliphatic heterocycles. The highest BCUT2D eigenvalue weighted by atomic mass is 19.4. The molecule has 61 heavy (non-hydrogen) atoms. The fourth-order valence-corrected chi connectivity index (χ4v) is 7.03. The number of aryl methyl sites for hydroxylation is 6. The number of fused-ring (bicyclic) bond motifs is 2. The number of nitrogens with one attached hydrogen (secondary N) is 1. The average Bonchev–Trinajstić information content (AvgIpc) is 3.81. The van der Waals surface area contributed by atoms with Crippen molar-refractivity contribution < 1.29 is 40.2 Å². The van der Waals surface area contributed by atoms with Crippen LogP contribution in [0.25, 0.3) is 44.2 Å². The van der Waals surface area contributed by atoms with Crippen molar-refractivity contribution in [2.45, 2.75) is 58.8 Å². The van der Waals surface area contributed by atoms with Gasteiger partial charge in [0.05, 0.1) is 22.5 Å². The largest absolute Gasteiger partial charge is 0.416 e. The minimum absolute atomic E-state index is 0.153. The van der Waals surface area contributed by atoms with Crippen LogP contribution in [0.3, 0.4) is 0 Å². The van der Waals surface area contributed by atoms with Crippen molar-refractivity contribution in [2.75, 3.05) is 11.1 Å². The molecule has 0 saturated heterocycles. The fraction of sp³-hybridized carbons (Fsp3) is 0.188. The summed E-state index contributed by atoms with van der Waals surface area (Å²) in [5.41, 5.74) is 16.2. The van der Waals surface area contributed by atoms with Gasteiger partial charge in [0.25, 0.3) is 0 Å². The molecule has 0 radical (unpaired) electrons. The van der Waals surface area contributed by atoms with Gasteiger partial charge in [-0.2, -0.15) is 26.3 Å². The van der Waals surface area contributed by atoms with Crippen molar-refractivity contribution in [3.8, 4) is 22.3 Å². The molecule has 0 saturated carbocycles. The summed E-state index contributed by atoms with van der Waals surface area (Å²) in [6.07, 6.45) is -5.91. The van der Waals surface area contributed by atoms with E-state index in [0.29, 0.717) is 41.8 Å². The number of benzene rings is 6. The van der Waals surface area contributed by atoms with Crippen molar-refractivity contribution in [3.63, 3.8) is 0 Å². The third-order valence-corrected chi connectivity index (χ3v) is 10.4. The Morgan fingerprint density at radius 2 is 1.02 bits per heavy atom. The van der Waals surface area contributed by atoms with Crippen LogP contribution >= 0.6 is 0 Å². The van der Waals surface area contributed by atoms with Gasteiger partial charge in [0.2, 0.25) is 5.91 Å². The van der Waals surface area contributed by atoms with Crippen LogP contribution < -0.4 is 11.1 Å². The van der Waals surface area contributed by atoms with E-state index < -0.39 is 23.5 Å². The summed E-state index contributed by atoms with van der Waals surface area (Å²) in [4.78, 5) is 11.3. The normalized spacial score (nSPS) is 11.8. The molecule has 1 amide bonds. The smallest absolute Gasteiger partial charge is 0.398 e. The highest BCUT2D eigenvalue weighted by Crippen LogP contribution is 2.34. The van der Waals surface area contributed by atoms with E-state index in [1.807, 2.05) is 74.5 Å². The molecule has 0 aliphatic rings. The van der Waals surface area contributed by atoms with Crippen LogP contribution in [-0.4, -0.2) is 16.2 Å². The maximum atomic E-state index is 12.8. The number of hydrogen-bond acceptors (Lipinski definition) is 6. The highest BCUT2D eigenvalue weighted by Gasteiger charge is 2.31. The predicted octanol–water partition coefficient (Wildman–Crippen LogP) is 12.8. The molecule has 7 nitrogen and oxygen atoms in total. The molecule has 6 aromatic carbocycles. The Kier molecular flexibility index (Phi) is 12.0. The van der Waals surface area contributed by atoms with Crippen LogP contribution in [0.15, 0.2) is 130 Å². The minimum atomic E-state index is -4.35. The molecule has 3 N–H and O–H groups in total. The lowest BCUT2D eigenvalue weighted by Crippen LogP contribution is -2.06. The van der Waals surface area contributed by atoms with E-state index in [1.165, 1.54) is 31.2 Å². The molecule has 2 aromatic heterocycles. The summed E-state index contributed by atoms with van der Waals surface area (Å²) in [5.74, 6) is -0.153. The van der Waals surface area contributed by atoms with Gasteiger partial charge in [-0.15, -0.1) is 0 Å². The lowest BCUT2D eigenvalue weighted by atomic mass is 9.99. The second-order valence-corrected chi connectivity index (χ2v) is 14.9. The van der Waals surface area contributed by atoms with E-state index in [1.54, 1.807) is 12.1 Å². The Balaban J connectivity index is 0.000000185. The van der Waals surface area contributed by atoms with E-state index >= 15 is 0 Å². The zero-order valence-electron chi connectivity index (χ0n) is 33.3. The van der Waals surface area contributed by atoms with E-state index in [0.717, 1.165) is 97.4 Å². The Hall–Kier alpha value is -6.89. The number of alkyl halides is 6. The van der Waals surface area contributed by atoms with Gasteiger partial charge in [0.1, 0.15) is 0 Å². The molecule has 8 rings (SSSR count). The first-order valence-corrected chi connectivity index (χ1v) is 19.4. The van der Waals surface area contributed by atoms with Crippen LogP contribution in [-0.2, 0) is 42.8 Å². The summed E-state index contributed by atoms with van der Waals surface area (Å²) in [5, 5.41) is 13.0. The summed E-state index contributed by atoms with van der Waals surface area (Å²) in [6, 6.07) is 33.4. The van der Waals surface area contributed by atoms with Crippen molar-refractivity contribution in [3.05, 3.63) is 166 Å². The first-order chi connectivity index (χ1) is 29.0. The Labute approximate surface area is 347 Å². The number of rotatable bonds is 9. The summed E-state index contributed by atoms with van der Waals surface area (Å²) < 4.78 is 87.5. The molecule has 0 unspecified atom stereocenters. The fourth-order valence-electron chi connectivity index (χ4n) is 7.03. The molecule has 0 bridgehead atoms. The molecule has 0 atom stereocenters. The first kappa shape index (κ1) is 42.2. The number of carbonyl (C=O) groups is 1. The van der Waals surface area contributed by atoms with E-state index in [2.05, 4.69) is 15.6 Å². The summed E-state index contributed by atoms with van der Waals surface area (Å²) in [7, 11) is 0. The standard InChI is InChI=1S/C25H21F3N2O2.C23H19F3N2O/c1-15-12-21-22(30-32-24(21)14-23(15)29-16(2)31)11-6-17-4-3-5-19(13-17)18-7-9-20(10-8-18)25(26,27)28;1-14-11-19-21(28-29-22(19)13-20(14)27)10-5-15-3-2-4-17(12-15)16-6-8-18(9-7-16)23(24,25)26/h3-5,7-10,12-14H,6,11H2,1-2H3,(H,29,31);2-4,6-9,11-13H,5,10,27H2,1H3. The first-order valence-electron chi connectivity index (χ1n) is 19.4. The number of hydrogen-bond donors (Lipinski definition) is 2. The van der Waals surface area contributed by atoms with Gasteiger partial charge in [-0.05, 0) is 120 Å². The predicted molar refractivity (Wildman–Crippen MR) is 225 cm³/mol. The van der Waals surface area contributed by atoms with Gasteiger partial charge in [-0.25, -0.2) is 0 Å².